The molecular weight excluding hydrogens is 264 g/mol. The van der Waals surface area contributed by atoms with Crippen LogP contribution in [0.3, 0.4) is 0 Å². The predicted octanol–water partition coefficient (Wildman–Crippen LogP) is 3.07. The molecule has 0 aromatic carbocycles. The van der Waals surface area contributed by atoms with Crippen LogP contribution >= 0.6 is 0 Å². The van der Waals surface area contributed by atoms with Crippen LogP contribution in [-0.4, -0.2) is 29.3 Å². The number of hydrogen-bond acceptors (Lipinski definition) is 4. The molecule has 2 atom stereocenters. The fourth-order valence-electron chi connectivity index (χ4n) is 3.52. The Kier molecular flexibility index (Phi) is 4.45. The molecule has 2 aliphatic rings. The number of anilines is 1. The summed E-state index contributed by atoms with van der Waals surface area (Å²) in [6, 6.07) is 6.28. The van der Waals surface area contributed by atoms with Gasteiger partial charge in [0.25, 0.3) is 0 Å². The van der Waals surface area contributed by atoms with Gasteiger partial charge in [0.1, 0.15) is 11.4 Å². The molecule has 4 heteroatoms. The molecule has 2 fully saturated rings. The summed E-state index contributed by atoms with van der Waals surface area (Å²) in [5, 5.41) is 14.1. The molecule has 21 heavy (non-hydrogen) atoms. The summed E-state index contributed by atoms with van der Waals surface area (Å²) in [6.07, 6.45) is 7.32. The molecule has 0 radical (unpaired) electrons. The zero-order valence-electron chi connectivity index (χ0n) is 12.8. The molecule has 1 saturated carbocycles. The minimum Gasteiger partial charge on any atom is -0.381 e. The van der Waals surface area contributed by atoms with Gasteiger partial charge < -0.3 is 15.2 Å². The number of aromatic nitrogens is 1. The van der Waals surface area contributed by atoms with Crippen LogP contribution in [0.15, 0.2) is 18.2 Å². The Balaban J connectivity index is 1.68. The summed E-state index contributed by atoms with van der Waals surface area (Å²) in [4.78, 5) is 4.62. The van der Waals surface area contributed by atoms with E-state index in [1.54, 1.807) is 0 Å². The van der Waals surface area contributed by atoms with Crippen LogP contribution in [0.25, 0.3) is 0 Å². The van der Waals surface area contributed by atoms with E-state index in [2.05, 4.69) is 17.2 Å². The van der Waals surface area contributed by atoms with E-state index in [0.717, 1.165) is 17.4 Å². The number of nitrogens with zero attached hydrogens (tertiary/aromatic N) is 1. The molecule has 1 aromatic rings. The fourth-order valence-corrected chi connectivity index (χ4v) is 3.52. The van der Waals surface area contributed by atoms with E-state index in [9.17, 15) is 5.11 Å². The van der Waals surface area contributed by atoms with Crippen molar-refractivity contribution in [2.24, 2.45) is 5.92 Å². The Labute approximate surface area is 126 Å². The number of rotatable bonds is 4. The molecule has 0 bridgehead atoms. The third-order valence-corrected chi connectivity index (χ3v) is 4.96. The molecule has 3 rings (SSSR count). The maximum absolute atomic E-state index is 10.6. The van der Waals surface area contributed by atoms with E-state index in [1.165, 1.54) is 32.1 Å². The quantitative estimate of drug-likeness (QED) is 0.895. The summed E-state index contributed by atoms with van der Waals surface area (Å²) < 4.78 is 5.32. The zero-order valence-corrected chi connectivity index (χ0v) is 12.8. The third kappa shape index (κ3) is 3.38. The van der Waals surface area contributed by atoms with Crippen LogP contribution < -0.4 is 5.32 Å². The van der Waals surface area contributed by atoms with E-state index >= 15 is 0 Å². The Morgan fingerprint density at radius 2 is 2.14 bits per heavy atom. The van der Waals surface area contributed by atoms with Gasteiger partial charge in [-0.25, -0.2) is 4.98 Å². The zero-order chi connectivity index (χ0) is 14.7. The van der Waals surface area contributed by atoms with Crippen LogP contribution in [0.5, 0.6) is 0 Å². The van der Waals surface area contributed by atoms with E-state index in [1.807, 2.05) is 18.2 Å². The highest BCUT2D eigenvalue weighted by Gasteiger charge is 2.35. The van der Waals surface area contributed by atoms with Crippen LogP contribution in [0.4, 0.5) is 5.82 Å². The summed E-state index contributed by atoms with van der Waals surface area (Å²) in [5.41, 5.74) is -0.188. The molecule has 0 amide bonds. The molecule has 2 unspecified atom stereocenters. The van der Waals surface area contributed by atoms with E-state index in [4.69, 9.17) is 4.74 Å². The Morgan fingerprint density at radius 3 is 2.86 bits per heavy atom. The van der Waals surface area contributed by atoms with Crippen LogP contribution in [-0.2, 0) is 10.3 Å². The molecule has 2 N–H and O–H groups in total. The molecule has 1 aromatic heterocycles. The van der Waals surface area contributed by atoms with Gasteiger partial charge in [-0.05, 0) is 37.8 Å². The summed E-state index contributed by atoms with van der Waals surface area (Å²) >= 11 is 0. The maximum Gasteiger partial charge on any atom is 0.132 e. The highest BCUT2D eigenvalue weighted by molar-refractivity contribution is 5.38. The minimum atomic E-state index is -0.911. The summed E-state index contributed by atoms with van der Waals surface area (Å²) in [5.74, 6) is 1.60. The normalized spacial score (nSPS) is 28.5. The first-order valence-electron chi connectivity index (χ1n) is 8.22. The SMILES string of the molecule is CC(Nc1cccc(C2(O)CCOC2)n1)C1CCCCC1. The van der Waals surface area contributed by atoms with Crippen molar-refractivity contribution in [3.05, 3.63) is 23.9 Å². The smallest absolute Gasteiger partial charge is 0.132 e. The molecule has 1 aliphatic heterocycles. The topological polar surface area (TPSA) is 54.4 Å². The number of pyridine rings is 1. The Hall–Kier alpha value is -1.13. The van der Waals surface area contributed by atoms with Crippen molar-refractivity contribution in [1.82, 2.24) is 4.98 Å². The average Bonchev–Trinajstić information content (AvgIpc) is 2.97. The van der Waals surface area contributed by atoms with Crippen LogP contribution in [0.1, 0.15) is 51.1 Å². The lowest BCUT2D eigenvalue weighted by Gasteiger charge is -2.29. The van der Waals surface area contributed by atoms with Crippen molar-refractivity contribution >= 4 is 5.82 Å². The second kappa shape index (κ2) is 6.32. The lowest BCUT2D eigenvalue weighted by Crippen LogP contribution is -2.30. The van der Waals surface area contributed by atoms with Gasteiger partial charge in [0, 0.05) is 19.1 Å². The van der Waals surface area contributed by atoms with Gasteiger partial charge in [-0.15, -0.1) is 0 Å². The van der Waals surface area contributed by atoms with Crippen molar-refractivity contribution in [3.63, 3.8) is 0 Å². The lowest BCUT2D eigenvalue weighted by molar-refractivity contribution is 0.0195. The lowest BCUT2D eigenvalue weighted by atomic mass is 9.84. The molecule has 0 spiro atoms. The molecule has 1 saturated heterocycles. The van der Waals surface area contributed by atoms with Crippen LogP contribution in [0.2, 0.25) is 0 Å². The number of nitrogens with one attached hydrogen (secondary N) is 1. The van der Waals surface area contributed by atoms with Crippen molar-refractivity contribution in [2.75, 3.05) is 18.5 Å². The van der Waals surface area contributed by atoms with Crippen molar-refractivity contribution in [3.8, 4) is 0 Å². The fraction of sp³-hybridized carbons (Fsp3) is 0.706. The van der Waals surface area contributed by atoms with Crippen molar-refractivity contribution < 1.29 is 9.84 Å². The van der Waals surface area contributed by atoms with Crippen molar-refractivity contribution in [1.29, 1.82) is 0 Å². The van der Waals surface area contributed by atoms with Gasteiger partial charge in [-0.1, -0.05) is 25.3 Å². The van der Waals surface area contributed by atoms with Gasteiger partial charge >= 0.3 is 0 Å². The second-order valence-electron chi connectivity index (χ2n) is 6.57. The maximum atomic E-state index is 10.6. The Bertz CT molecular complexity index is 466. The van der Waals surface area contributed by atoms with Gasteiger partial charge in [-0.3, -0.25) is 0 Å². The van der Waals surface area contributed by atoms with Gasteiger partial charge in [-0.2, -0.15) is 0 Å². The van der Waals surface area contributed by atoms with Crippen LogP contribution in [0, 0.1) is 5.92 Å². The minimum absolute atomic E-state index is 0.349. The molecule has 1 aliphatic carbocycles. The number of ether oxygens (including phenoxy) is 1. The van der Waals surface area contributed by atoms with E-state index in [-0.39, 0.29) is 0 Å². The third-order valence-electron chi connectivity index (χ3n) is 4.96. The summed E-state index contributed by atoms with van der Waals surface area (Å²) in [6.45, 7) is 3.20. The molecular formula is C17H26N2O2. The first-order chi connectivity index (χ1) is 10.2. The molecule has 4 nitrogen and oxygen atoms in total. The van der Waals surface area contributed by atoms with Gasteiger partial charge in [0.05, 0.1) is 12.3 Å². The standard InChI is InChI=1S/C17H26N2O2/c1-13(14-6-3-2-4-7-14)18-16-9-5-8-15(19-16)17(20)10-11-21-12-17/h5,8-9,13-14,20H,2-4,6-7,10-12H2,1H3,(H,18,19). The summed E-state index contributed by atoms with van der Waals surface area (Å²) in [7, 11) is 0. The van der Waals surface area contributed by atoms with E-state index in [0.29, 0.717) is 25.7 Å². The molecule has 116 valence electrons. The number of hydrogen-bond donors (Lipinski definition) is 2. The average molecular weight is 290 g/mol. The monoisotopic (exact) mass is 290 g/mol. The second-order valence-corrected chi connectivity index (χ2v) is 6.57. The van der Waals surface area contributed by atoms with Gasteiger partial charge in [0.15, 0.2) is 0 Å². The molecule has 2 heterocycles. The predicted molar refractivity (Wildman–Crippen MR) is 83.2 cm³/mol. The first kappa shape index (κ1) is 14.8. The first-order valence-corrected chi connectivity index (χ1v) is 8.22. The Morgan fingerprint density at radius 1 is 1.33 bits per heavy atom. The number of aliphatic hydroxyl groups is 1. The van der Waals surface area contributed by atoms with E-state index < -0.39 is 5.60 Å². The van der Waals surface area contributed by atoms with Crippen molar-refractivity contribution in [2.45, 2.75) is 57.1 Å². The van der Waals surface area contributed by atoms with Gasteiger partial charge in [0.2, 0.25) is 0 Å². The largest absolute Gasteiger partial charge is 0.381 e. The highest BCUT2D eigenvalue weighted by atomic mass is 16.5. The highest BCUT2D eigenvalue weighted by Crippen LogP contribution is 2.31.